The molecular weight excluding hydrogens is 318 g/mol. The average Bonchev–Trinajstić information content (AvgIpc) is 2.62. The van der Waals surface area contributed by atoms with Crippen molar-refractivity contribution in [3.8, 4) is 0 Å². The van der Waals surface area contributed by atoms with Crippen molar-refractivity contribution in [2.24, 2.45) is 0 Å². The molecule has 0 aliphatic carbocycles. The summed E-state index contributed by atoms with van der Waals surface area (Å²) < 4.78 is 9.86. The number of carbonyl (C=O) groups is 2. The smallest absolute Gasteiger partial charge is 0.412 e. The number of carbonyl (C=O) groups excluding carboxylic acids is 2. The maximum Gasteiger partial charge on any atom is 0.412 e. The fourth-order valence-electron chi connectivity index (χ4n) is 2.15. The van der Waals surface area contributed by atoms with E-state index in [1.807, 2.05) is 62.4 Å². The van der Waals surface area contributed by atoms with Gasteiger partial charge in [0.1, 0.15) is 12.3 Å². The number of esters is 1. The van der Waals surface area contributed by atoms with E-state index in [0.29, 0.717) is 0 Å². The Kier molecular flexibility index (Phi) is 6.34. The zero-order valence-electron chi connectivity index (χ0n) is 14.5. The Morgan fingerprint density at radius 3 is 2.40 bits per heavy atom. The zero-order chi connectivity index (χ0) is 18.2. The summed E-state index contributed by atoms with van der Waals surface area (Å²) in [6.45, 7) is 4.10. The molecule has 0 atom stereocenters. The molecule has 0 radical (unpaired) electrons. The molecule has 5 heteroatoms. The SMILES string of the molecule is COC(=O)/C(=C\c1ccc(C)c(C)c1)NC(=O)OCc1ccccc1. The van der Waals surface area contributed by atoms with Crippen LogP contribution in [-0.2, 0) is 20.9 Å². The molecule has 2 rings (SSSR count). The molecule has 130 valence electrons. The first-order valence-corrected chi connectivity index (χ1v) is 7.84. The second-order valence-corrected chi connectivity index (χ2v) is 5.58. The number of hydrogen-bond acceptors (Lipinski definition) is 4. The summed E-state index contributed by atoms with van der Waals surface area (Å²) in [5.41, 5.74) is 3.89. The maximum absolute atomic E-state index is 12.0. The largest absolute Gasteiger partial charge is 0.464 e. The third-order valence-corrected chi connectivity index (χ3v) is 3.70. The fraction of sp³-hybridized carbons (Fsp3) is 0.200. The van der Waals surface area contributed by atoms with Gasteiger partial charge >= 0.3 is 12.1 Å². The average molecular weight is 339 g/mol. The maximum atomic E-state index is 12.0. The second-order valence-electron chi connectivity index (χ2n) is 5.58. The molecule has 0 bridgehead atoms. The molecule has 2 aromatic rings. The monoisotopic (exact) mass is 339 g/mol. The summed E-state index contributed by atoms with van der Waals surface area (Å²) in [7, 11) is 1.26. The molecule has 0 spiro atoms. The predicted octanol–water partition coefficient (Wildman–Crippen LogP) is 3.74. The first kappa shape index (κ1) is 18.3. The molecule has 5 nitrogen and oxygen atoms in total. The van der Waals surface area contributed by atoms with Crippen LogP contribution in [-0.4, -0.2) is 19.2 Å². The van der Waals surface area contributed by atoms with Crippen LogP contribution in [0.1, 0.15) is 22.3 Å². The number of amides is 1. The van der Waals surface area contributed by atoms with Crippen LogP contribution in [0.25, 0.3) is 6.08 Å². The van der Waals surface area contributed by atoms with Gasteiger partial charge in [0.2, 0.25) is 0 Å². The van der Waals surface area contributed by atoms with Gasteiger partial charge in [0.25, 0.3) is 0 Å². The van der Waals surface area contributed by atoms with E-state index < -0.39 is 12.1 Å². The molecule has 25 heavy (non-hydrogen) atoms. The summed E-state index contributed by atoms with van der Waals surface area (Å²) in [5.74, 6) is -0.644. The van der Waals surface area contributed by atoms with Crippen molar-refractivity contribution in [2.75, 3.05) is 7.11 Å². The topological polar surface area (TPSA) is 64.6 Å². The Labute approximate surface area is 147 Å². The number of nitrogens with one attached hydrogen (secondary N) is 1. The molecule has 0 aliphatic heterocycles. The first-order chi connectivity index (χ1) is 12.0. The van der Waals surface area contributed by atoms with Gasteiger partial charge in [0, 0.05) is 0 Å². The van der Waals surface area contributed by atoms with Crippen LogP contribution in [0.15, 0.2) is 54.2 Å². The summed E-state index contributed by atoms with van der Waals surface area (Å²) in [6.07, 6.45) is 0.839. The van der Waals surface area contributed by atoms with Gasteiger partial charge in [0.15, 0.2) is 0 Å². The Morgan fingerprint density at radius 2 is 1.76 bits per heavy atom. The lowest BCUT2D eigenvalue weighted by Crippen LogP contribution is -2.28. The van der Waals surface area contributed by atoms with E-state index in [0.717, 1.165) is 22.3 Å². The van der Waals surface area contributed by atoms with Crippen molar-refractivity contribution in [2.45, 2.75) is 20.5 Å². The summed E-state index contributed by atoms with van der Waals surface area (Å²) in [4.78, 5) is 23.9. The molecule has 1 amide bonds. The highest BCUT2D eigenvalue weighted by molar-refractivity contribution is 5.96. The van der Waals surface area contributed by atoms with Crippen LogP contribution in [0.5, 0.6) is 0 Å². The quantitative estimate of drug-likeness (QED) is 0.666. The van der Waals surface area contributed by atoms with E-state index in [2.05, 4.69) is 5.32 Å². The molecule has 1 N–H and O–H groups in total. The van der Waals surface area contributed by atoms with Gasteiger partial charge in [-0.05, 0) is 42.2 Å². The van der Waals surface area contributed by atoms with Crippen LogP contribution < -0.4 is 5.32 Å². The van der Waals surface area contributed by atoms with Crippen LogP contribution >= 0.6 is 0 Å². The molecule has 0 aliphatic rings. The highest BCUT2D eigenvalue weighted by atomic mass is 16.6. The van der Waals surface area contributed by atoms with Crippen LogP contribution in [0, 0.1) is 13.8 Å². The molecular formula is C20H21NO4. The molecule has 0 unspecified atom stereocenters. The molecule has 0 heterocycles. The number of methoxy groups -OCH3 is 1. The van der Waals surface area contributed by atoms with Crippen molar-refractivity contribution in [1.82, 2.24) is 5.32 Å². The van der Waals surface area contributed by atoms with Gasteiger partial charge in [-0.15, -0.1) is 0 Å². The third kappa shape index (κ3) is 5.49. The van der Waals surface area contributed by atoms with Gasteiger partial charge in [0.05, 0.1) is 7.11 Å². The van der Waals surface area contributed by atoms with Crippen molar-refractivity contribution in [3.63, 3.8) is 0 Å². The van der Waals surface area contributed by atoms with Crippen LogP contribution in [0.2, 0.25) is 0 Å². The molecule has 0 aromatic heterocycles. The van der Waals surface area contributed by atoms with E-state index in [1.54, 1.807) is 6.08 Å². The number of rotatable bonds is 5. The molecule has 0 saturated carbocycles. The standard InChI is InChI=1S/C20H21NO4/c1-14-9-10-17(11-15(14)2)12-18(19(22)24-3)21-20(23)25-13-16-7-5-4-6-8-16/h4-12H,13H2,1-3H3,(H,21,23)/b18-12+. The zero-order valence-corrected chi connectivity index (χ0v) is 14.5. The number of benzene rings is 2. The van der Waals surface area contributed by atoms with Crippen LogP contribution in [0.4, 0.5) is 4.79 Å². The minimum atomic E-state index is -0.718. The summed E-state index contributed by atoms with van der Waals surface area (Å²) in [6, 6.07) is 15.0. The summed E-state index contributed by atoms with van der Waals surface area (Å²) in [5, 5.41) is 2.45. The lowest BCUT2D eigenvalue weighted by molar-refractivity contribution is -0.136. The van der Waals surface area contributed by atoms with E-state index in [1.165, 1.54) is 7.11 Å². The number of aryl methyl sites for hydroxylation is 2. The van der Waals surface area contributed by atoms with E-state index in [-0.39, 0.29) is 12.3 Å². The minimum absolute atomic E-state index is 0.0174. The van der Waals surface area contributed by atoms with Gasteiger partial charge in [-0.25, -0.2) is 9.59 Å². The number of ether oxygens (including phenoxy) is 2. The number of alkyl carbamates (subject to hydrolysis) is 1. The minimum Gasteiger partial charge on any atom is -0.464 e. The highest BCUT2D eigenvalue weighted by Crippen LogP contribution is 2.13. The van der Waals surface area contributed by atoms with Crippen molar-refractivity contribution < 1.29 is 19.1 Å². The lowest BCUT2D eigenvalue weighted by Gasteiger charge is -2.10. The van der Waals surface area contributed by atoms with E-state index >= 15 is 0 Å². The molecule has 0 saturated heterocycles. The van der Waals surface area contributed by atoms with E-state index in [9.17, 15) is 9.59 Å². The second kappa shape index (κ2) is 8.68. The molecule has 0 fully saturated rings. The third-order valence-electron chi connectivity index (χ3n) is 3.70. The summed E-state index contributed by atoms with van der Waals surface area (Å²) >= 11 is 0. The van der Waals surface area contributed by atoms with Crippen molar-refractivity contribution in [1.29, 1.82) is 0 Å². The van der Waals surface area contributed by atoms with Gasteiger partial charge in [-0.2, -0.15) is 0 Å². The Morgan fingerprint density at radius 1 is 1.04 bits per heavy atom. The number of hydrogen-bond donors (Lipinski definition) is 1. The lowest BCUT2D eigenvalue weighted by atomic mass is 10.1. The fourth-order valence-corrected chi connectivity index (χ4v) is 2.15. The Bertz CT molecular complexity index is 782. The van der Waals surface area contributed by atoms with Gasteiger partial charge in [-0.3, -0.25) is 5.32 Å². The first-order valence-electron chi connectivity index (χ1n) is 7.84. The normalized spacial score (nSPS) is 10.9. The van der Waals surface area contributed by atoms with Crippen LogP contribution in [0.3, 0.4) is 0 Å². The van der Waals surface area contributed by atoms with E-state index in [4.69, 9.17) is 9.47 Å². The Balaban J connectivity index is 2.09. The predicted molar refractivity (Wildman–Crippen MR) is 95.7 cm³/mol. The van der Waals surface area contributed by atoms with Gasteiger partial charge in [-0.1, -0.05) is 48.5 Å². The van der Waals surface area contributed by atoms with Gasteiger partial charge < -0.3 is 9.47 Å². The van der Waals surface area contributed by atoms with Crippen molar-refractivity contribution in [3.05, 3.63) is 76.5 Å². The Hall–Kier alpha value is -3.08. The molecule has 2 aromatic carbocycles. The highest BCUT2D eigenvalue weighted by Gasteiger charge is 2.14. The van der Waals surface area contributed by atoms with Crippen molar-refractivity contribution >= 4 is 18.1 Å².